The number of carbonyl (C=O) groups is 1. The lowest BCUT2D eigenvalue weighted by Gasteiger charge is -2.00. The van der Waals surface area contributed by atoms with Crippen molar-refractivity contribution in [2.24, 2.45) is 5.73 Å². The largest absolute Gasteiger partial charge is 0.351 e. The molecule has 0 atom stereocenters. The summed E-state index contributed by atoms with van der Waals surface area (Å²) in [6.07, 6.45) is 1.51. The van der Waals surface area contributed by atoms with E-state index >= 15 is 0 Å². The summed E-state index contributed by atoms with van der Waals surface area (Å²) >= 11 is 1.54. The van der Waals surface area contributed by atoms with Crippen LogP contribution in [0.2, 0.25) is 0 Å². The molecule has 2 aromatic heterocycles. The number of nitrogens with two attached hydrogens (primary N) is 1. The normalized spacial score (nSPS) is 9.79. The summed E-state index contributed by atoms with van der Waals surface area (Å²) in [4.78, 5) is 12.8. The van der Waals surface area contributed by atoms with Crippen LogP contribution in [0.15, 0.2) is 22.2 Å². The number of amides is 1. The molecule has 0 radical (unpaired) electrons. The number of thiophene rings is 1. The number of nitrogens with one attached hydrogen (secondary N) is 1. The minimum absolute atomic E-state index is 0.250. The summed E-state index contributed by atoms with van der Waals surface area (Å²) in [5.74, 6) is 5.71. The number of aromatic nitrogens is 1. The van der Waals surface area contributed by atoms with Crippen LogP contribution in [-0.4, -0.2) is 17.6 Å². The first kappa shape index (κ1) is 13.3. The Hall–Kier alpha value is -2.10. The molecule has 0 aliphatic carbocycles. The maximum Gasteiger partial charge on any atom is 0.290 e. The average molecular weight is 275 g/mol. The number of hydrogen-bond donors (Lipinski definition) is 2. The van der Waals surface area contributed by atoms with Gasteiger partial charge in [-0.05, 0) is 13.0 Å². The zero-order valence-corrected chi connectivity index (χ0v) is 11.2. The molecule has 0 aliphatic heterocycles. The van der Waals surface area contributed by atoms with Gasteiger partial charge in [-0.1, -0.05) is 17.0 Å². The van der Waals surface area contributed by atoms with Crippen molar-refractivity contribution in [1.82, 2.24) is 10.5 Å². The van der Waals surface area contributed by atoms with Crippen molar-refractivity contribution in [3.63, 3.8) is 0 Å². The first-order valence-electron chi connectivity index (χ1n) is 5.66. The van der Waals surface area contributed by atoms with E-state index in [2.05, 4.69) is 22.3 Å². The van der Waals surface area contributed by atoms with Crippen LogP contribution >= 0.6 is 11.3 Å². The average Bonchev–Trinajstić information content (AvgIpc) is 3.02. The van der Waals surface area contributed by atoms with Crippen molar-refractivity contribution < 1.29 is 9.32 Å². The van der Waals surface area contributed by atoms with Crippen LogP contribution in [0.1, 0.15) is 26.6 Å². The van der Waals surface area contributed by atoms with Gasteiger partial charge in [0.15, 0.2) is 0 Å². The molecule has 0 bridgehead atoms. The molecule has 3 N–H and O–H groups in total. The zero-order chi connectivity index (χ0) is 13.7. The lowest BCUT2D eigenvalue weighted by molar-refractivity contribution is 0.0913. The molecule has 0 saturated heterocycles. The smallest absolute Gasteiger partial charge is 0.290 e. The van der Waals surface area contributed by atoms with Crippen LogP contribution in [0.25, 0.3) is 0 Å². The third-order valence-electron chi connectivity index (χ3n) is 2.37. The van der Waals surface area contributed by atoms with Gasteiger partial charge >= 0.3 is 0 Å². The lowest BCUT2D eigenvalue weighted by Crippen LogP contribution is -2.22. The van der Waals surface area contributed by atoms with Gasteiger partial charge < -0.3 is 15.6 Å². The minimum atomic E-state index is -0.266. The molecule has 6 heteroatoms. The van der Waals surface area contributed by atoms with Crippen LogP contribution < -0.4 is 11.1 Å². The van der Waals surface area contributed by atoms with Crippen molar-refractivity contribution in [2.75, 3.05) is 6.54 Å². The summed E-state index contributed by atoms with van der Waals surface area (Å²) in [6, 6.07) is 1.93. The van der Waals surface area contributed by atoms with E-state index in [1.165, 1.54) is 17.5 Å². The third kappa shape index (κ3) is 3.44. The molecular formula is C13H13N3O2S. The summed E-state index contributed by atoms with van der Waals surface area (Å²) in [7, 11) is 0. The Morgan fingerprint density at radius 3 is 3.16 bits per heavy atom. The van der Waals surface area contributed by atoms with E-state index in [4.69, 9.17) is 10.3 Å². The van der Waals surface area contributed by atoms with Gasteiger partial charge in [-0.3, -0.25) is 4.79 Å². The zero-order valence-electron chi connectivity index (χ0n) is 10.4. The van der Waals surface area contributed by atoms with Gasteiger partial charge in [-0.2, -0.15) is 0 Å². The Labute approximate surface area is 114 Å². The molecule has 98 valence electrons. The highest BCUT2D eigenvalue weighted by molar-refractivity contribution is 7.10. The maximum atomic E-state index is 11.8. The summed E-state index contributed by atoms with van der Waals surface area (Å²) in [5, 5.41) is 8.28. The third-order valence-corrected chi connectivity index (χ3v) is 3.30. The van der Waals surface area contributed by atoms with Crippen molar-refractivity contribution in [3.8, 4) is 11.8 Å². The van der Waals surface area contributed by atoms with E-state index in [0.717, 1.165) is 16.0 Å². The van der Waals surface area contributed by atoms with Crippen molar-refractivity contribution >= 4 is 17.2 Å². The summed E-state index contributed by atoms with van der Waals surface area (Å²) in [6.45, 7) is 2.55. The molecule has 0 spiro atoms. The Morgan fingerprint density at radius 2 is 2.47 bits per heavy atom. The van der Waals surface area contributed by atoms with Gasteiger partial charge in [0.05, 0.1) is 19.3 Å². The van der Waals surface area contributed by atoms with Crippen LogP contribution in [0, 0.1) is 18.8 Å². The summed E-state index contributed by atoms with van der Waals surface area (Å²) in [5.41, 5.74) is 6.94. The van der Waals surface area contributed by atoms with Crippen LogP contribution in [0.5, 0.6) is 0 Å². The number of aryl methyl sites for hydroxylation is 1. The van der Waals surface area contributed by atoms with Crippen LogP contribution in [-0.2, 0) is 6.54 Å². The molecule has 1 amide bonds. The lowest BCUT2D eigenvalue weighted by atomic mass is 10.3. The van der Waals surface area contributed by atoms with E-state index in [1.807, 2.05) is 11.4 Å². The highest BCUT2D eigenvalue weighted by Crippen LogP contribution is 2.14. The number of rotatable bonds is 3. The van der Waals surface area contributed by atoms with Gasteiger partial charge in [-0.25, -0.2) is 0 Å². The number of nitrogens with zero attached hydrogens (tertiary/aromatic N) is 1. The van der Waals surface area contributed by atoms with Crippen LogP contribution in [0.4, 0.5) is 0 Å². The van der Waals surface area contributed by atoms with E-state index in [1.54, 1.807) is 6.92 Å². The van der Waals surface area contributed by atoms with Crippen molar-refractivity contribution in [1.29, 1.82) is 0 Å². The quantitative estimate of drug-likeness (QED) is 0.827. The monoisotopic (exact) mass is 275 g/mol. The maximum absolute atomic E-state index is 11.8. The Kier molecular flexibility index (Phi) is 4.34. The Morgan fingerprint density at radius 1 is 1.63 bits per heavy atom. The first-order chi connectivity index (χ1) is 9.20. The predicted octanol–water partition coefficient (Wildman–Crippen LogP) is 1.28. The number of carbonyl (C=O) groups excluding carboxylic acids is 1. The molecular weight excluding hydrogens is 262 g/mol. The molecule has 0 unspecified atom stereocenters. The van der Waals surface area contributed by atoms with Gasteiger partial charge in [0.25, 0.3) is 5.91 Å². The van der Waals surface area contributed by atoms with Crippen molar-refractivity contribution in [2.45, 2.75) is 13.5 Å². The molecule has 0 aliphatic rings. The molecule has 0 fully saturated rings. The Balaban J connectivity index is 1.94. The summed E-state index contributed by atoms with van der Waals surface area (Å²) < 4.78 is 4.88. The van der Waals surface area contributed by atoms with Gasteiger partial charge in [-0.15, -0.1) is 11.3 Å². The Bertz CT molecular complexity index is 634. The molecule has 2 heterocycles. The molecule has 2 rings (SSSR count). The fourth-order valence-corrected chi connectivity index (χ4v) is 2.20. The molecule has 19 heavy (non-hydrogen) atoms. The van der Waals surface area contributed by atoms with Gasteiger partial charge in [0.2, 0.25) is 5.76 Å². The standard InChI is InChI=1S/C13H13N3O2S/c1-9-6-16-18-12(9)13(17)15-7-11-5-10(8-19-11)3-2-4-14/h5-6,8H,4,7,14H2,1H3,(H,15,17). The molecule has 5 nitrogen and oxygen atoms in total. The SMILES string of the molecule is Cc1cnoc1C(=O)NCc1cc(C#CCN)cs1. The second-order valence-electron chi connectivity index (χ2n) is 3.83. The second-order valence-corrected chi connectivity index (χ2v) is 4.82. The fourth-order valence-electron chi connectivity index (χ4n) is 1.45. The van der Waals surface area contributed by atoms with E-state index < -0.39 is 0 Å². The second kappa shape index (κ2) is 6.18. The highest BCUT2D eigenvalue weighted by atomic mass is 32.1. The minimum Gasteiger partial charge on any atom is -0.351 e. The topological polar surface area (TPSA) is 81.2 Å². The first-order valence-corrected chi connectivity index (χ1v) is 6.54. The van der Waals surface area contributed by atoms with Crippen molar-refractivity contribution in [3.05, 3.63) is 39.4 Å². The van der Waals surface area contributed by atoms with Crippen LogP contribution in [0.3, 0.4) is 0 Å². The van der Waals surface area contributed by atoms with E-state index in [-0.39, 0.29) is 11.7 Å². The number of hydrogen-bond acceptors (Lipinski definition) is 5. The highest BCUT2D eigenvalue weighted by Gasteiger charge is 2.13. The van der Waals surface area contributed by atoms with Gasteiger partial charge in [0.1, 0.15) is 0 Å². The predicted molar refractivity (Wildman–Crippen MR) is 72.7 cm³/mol. The fraction of sp³-hybridized carbons (Fsp3) is 0.231. The van der Waals surface area contributed by atoms with E-state index in [9.17, 15) is 4.79 Å². The molecule has 2 aromatic rings. The van der Waals surface area contributed by atoms with Gasteiger partial charge in [0, 0.05) is 21.4 Å². The molecule has 0 aromatic carbocycles. The van der Waals surface area contributed by atoms with E-state index in [0.29, 0.717) is 13.1 Å². The molecule has 0 saturated carbocycles.